The summed E-state index contributed by atoms with van der Waals surface area (Å²) in [7, 11) is -3.86. The molecule has 0 spiro atoms. The molecule has 0 saturated heterocycles. The van der Waals surface area contributed by atoms with Gasteiger partial charge in [0.2, 0.25) is 10.0 Å². The third-order valence-electron chi connectivity index (χ3n) is 4.91. The molecule has 0 heterocycles. The summed E-state index contributed by atoms with van der Waals surface area (Å²) < 4.78 is 33.5. The molecule has 11 heteroatoms. The van der Waals surface area contributed by atoms with Crippen LogP contribution in [0.2, 0.25) is 5.02 Å². The van der Waals surface area contributed by atoms with Gasteiger partial charge in [0, 0.05) is 18.2 Å². The van der Waals surface area contributed by atoms with Gasteiger partial charge in [0.05, 0.1) is 20.5 Å². The fraction of sp³-hybridized carbons (Fsp3) is 0.174. The number of sulfonamides is 1. The standard InChI is InChI=1S/C23H22ClN3O6S/c1-15-8-9-18(27(29)30)12-21(15)25-23(28)14-33-22-11-10-19(13-20(22)24)34(31,32)26-16(2)17-6-4-3-5-7-17/h3-13,16,26H,14H2,1-2H3,(H,25,28)/t16-/m1/s1. The van der Waals surface area contributed by atoms with Crippen LogP contribution < -0.4 is 14.8 Å². The second-order valence-electron chi connectivity index (χ2n) is 7.44. The van der Waals surface area contributed by atoms with Gasteiger partial charge in [-0.1, -0.05) is 48.0 Å². The van der Waals surface area contributed by atoms with Crippen molar-refractivity contribution >= 4 is 38.9 Å². The average molecular weight is 504 g/mol. The highest BCUT2D eigenvalue weighted by Gasteiger charge is 2.20. The molecule has 3 aromatic rings. The van der Waals surface area contributed by atoms with Crippen molar-refractivity contribution < 1.29 is 22.9 Å². The molecule has 1 amide bonds. The van der Waals surface area contributed by atoms with Crippen molar-refractivity contribution in [3.63, 3.8) is 0 Å². The minimum Gasteiger partial charge on any atom is -0.482 e. The van der Waals surface area contributed by atoms with E-state index < -0.39 is 33.5 Å². The lowest BCUT2D eigenvalue weighted by Crippen LogP contribution is -2.27. The third-order valence-corrected chi connectivity index (χ3v) is 6.74. The van der Waals surface area contributed by atoms with Crippen LogP contribution in [0, 0.1) is 17.0 Å². The van der Waals surface area contributed by atoms with E-state index in [0.717, 1.165) is 5.56 Å². The number of anilines is 1. The van der Waals surface area contributed by atoms with Crippen molar-refractivity contribution in [3.8, 4) is 5.75 Å². The molecule has 0 fully saturated rings. The summed E-state index contributed by atoms with van der Waals surface area (Å²) in [5, 5.41) is 13.5. The number of halogens is 1. The van der Waals surface area contributed by atoms with Crippen LogP contribution in [0.5, 0.6) is 5.75 Å². The molecule has 0 bridgehead atoms. The van der Waals surface area contributed by atoms with Gasteiger partial charge in [-0.25, -0.2) is 13.1 Å². The number of carbonyl (C=O) groups is 1. The van der Waals surface area contributed by atoms with Gasteiger partial charge in [-0.2, -0.15) is 0 Å². The van der Waals surface area contributed by atoms with Crippen molar-refractivity contribution in [2.24, 2.45) is 0 Å². The van der Waals surface area contributed by atoms with Crippen LogP contribution in [0.15, 0.2) is 71.6 Å². The number of aryl methyl sites for hydroxylation is 1. The van der Waals surface area contributed by atoms with E-state index in [4.69, 9.17) is 16.3 Å². The summed E-state index contributed by atoms with van der Waals surface area (Å²) in [4.78, 5) is 22.6. The van der Waals surface area contributed by atoms with Gasteiger partial charge in [0.15, 0.2) is 6.61 Å². The molecule has 0 aliphatic rings. The Morgan fingerprint density at radius 1 is 1.12 bits per heavy atom. The molecule has 0 aromatic heterocycles. The maximum absolute atomic E-state index is 12.7. The molecule has 0 unspecified atom stereocenters. The SMILES string of the molecule is Cc1ccc([N+](=O)[O-])cc1NC(=O)COc1ccc(S(=O)(=O)N[C@H](C)c2ccccc2)cc1Cl. The van der Waals surface area contributed by atoms with Crippen molar-refractivity contribution in [2.45, 2.75) is 24.8 Å². The van der Waals surface area contributed by atoms with Gasteiger partial charge in [-0.05, 0) is 43.2 Å². The molecule has 3 rings (SSSR count). The minimum absolute atomic E-state index is 0.00886. The fourth-order valence-electron chi connectivity index (χ4n) is 3.06. The summed E-state index contributed by atoms with van der Waals surface area (Å²) in [6.07, 6.45) is 0. The number of ether oxygens (including phenoxy) is 1. The van der Waals surface area contributed by atoms with E-state index in [1.807, 2.05) is 30.3 Å². The van der Waals surface area contributed by atoms with Gasteiger partial charge in [-0.15, -0.1) is 0 Å². The van der Waals surface area contributed by atoms with Crippen LogP contribution >= 0.6 is 11.6 Å². The molecule has 34 heavy (non-hydrogen) atoms. The molecule has 0 saturated carbocycles. The Morgan fingerprint density at radius 3 is 2.47 bits per heavy atom. The first-order valence-electron chi connectivity index (χ1n) is 10.1. The highest BCUT2D eigenvalue weighted by Crippen LogP contribution is 2.28. The van der Waals surface area contributed by atoms with Crippen molar-refractivity contribution in [2.75, 3.05) is 11.9 Å². The highest BCUT2D eigenvalue weighted by molar-refractivity contribution is 7.89. The Balaban J connectivity index is 1.64. The van der Waals surface area contributed by atoms with Crippen LogP contribution in [0.4, 0.5) is 11.4 Å². The van der Waals surface area contributed by atoms with Crippen LogP contribution in [-0.4, -0.2) is 25.9 Å². The number of benzene rings is 3. The number of nitro benzene ring substituents is 1. The second kappa shape index (κ2) is 10.6. The molecule has 9 nitrogen and oxygen atoms in total. The van der Waals surface area contributed by atoms with Gasteiger partial charge in [0.1, 0.15) is 5.75 Å². The van der Waals surface area contributed by atoms with Gasteiger partial charge in [-0.3, -0.25) is 14.9 Å². The van der Waals surface area contributed by atoms with E-state index in [2.05, 4.69) is 10.0 Å². The van der Waals surface area contributed by atoms with E-state index in [1.54, 1.807) is 13.8 Å². The van der Waals surface area contributed by atoms with Crippen LogP contribution in [-0.2, 0) is 14.8 Å². The molecular formula is C23H22ClN3O6S. The molecule has 0 aliphatic carbocycles. The topological polar surface area (TPSA) is 128 Å². The number of non-ortho nitro benzene ring substituents is 1. The molecule has 0 aliphatic heterocycles. The molecular weight excluding hydrogens is 482 g/mol. The summed E-state index contributed by atoms with van der Waals surface area (Å²) in [6.45, 7) is 2.99. The van der Waals surface area contributed by atoms with Crippen molar-refractivity contribution in [1.82, 2.24) is 4.72 Å². The van der Waals surface area contributed by atoms with Gasteiger partial charge >= 0.3 is 0 Å². The molecule has 2 N–H and O–H groups in total. The van der Waals surface area contributed by atoms with E-state index in [-0.39, 0.29) is 27.0 Å². The molecule has 178 valence electrons. The number of amides is 1. The lowest BCUT2D eigenvalue weighted by molar-refractivity contribution is -0.384. The smallest absolute Gasteiger partial charge is 0.271 e. The Hall–Kier alpha value is -3.47. The Bertz CT molecular complexity index is 1320. The predicted molar refractivity (Wildman–Crippen MR) is 129 cm³/mol. The summed E-state index contributed by atoms with van der Waals surface area (Å²) in [6, 6.07) is 16.7. The number of nitrogens with zero attached hydrogens (tertiary/aromatic N) is 1. The number of hydrogen-bond donors (Lipinski definition) is 2. The zero-order valence-corrected chi connectivity index (χ0v) is 19.9. The first-order valence-corrected chi connectivity index (χ1v) is 12.0. The average Bonchev–Trinajstić information content (AvgIpc) is 2.79. The van der Waals surface area contributed by atoms with Gasteiger partial charge in [0.25, 0.3) is 11.6 Å². The molecule has 0 radical (unpaired) electrons. The first-order chi connectivity index (χ1) is 16.1. The van der Waals surface area contributed by atoms with Crippen molar-refractivity contribution in [3.05, 3.63) is 93.0 Å². The number of nitrogens with one attached hydrogen (secondary N) is 2. The quantitative estimate of drug-likeness (QED) is 0.324. The highest BCUT2D eigenvalue weighted by atomic mass is 35.5. The van der Waals surface area contributed by atoms with E-state index in [1.165, 1.54) is 36.4 Å². The maximum atomic E-state index is 12.7. The first kappa shape index (κ1) is 25.2. The fourth-order valence-corrected chi connectivity index (χ4v) is 4.62. The number of carbonyl (C=O) groups excluding carboxylic acids is 1. The van der Waals surface area contributed by atoms with E-state index in [9.17, 15) is 23.3 Å². The Morgan fingerprint density at radius 2 is 1.82 bits per heavy atom. The molecule has 3 aromatic carbocycles. The van der Waals surface area contributed by atoms with Gasteiger partial charge < -0.3 is 10.1 Å². The predicted octanol–water partition coefficient (Wildman–Crippen LogP) is 4.61. The third kappa shape index (κ3) is 6.31. The zero-order chi connectivity index (χ0) is 24.9. The molecule has 1 atom stereocenters. The van der Waals surface area contributed by atoms with E-state index >= 15 is 0 Å². The normalized spacial score (nSPS) is 12.1. The summed E-state index contributed by atoms with van der Waals surface area (Å²) in [5.74, 6) is -0.447. The van der Waals surface area contributed by atoms with Crippen molar-refractivity contribution in [1.29, 1.82) is 0 Å². The largest absolute Gasteiger partial charge is 0.482 e. The lowest BCUT2D eigenvalue weighted by atomic mass is 10.1. The maximum Gasteiger partial charge on any atom is 0.271 e. The second-order valence-corrected chi connectivity index (χ2v) is 9.56. The Labute approximate surface area is 201 Å². The monoisotopic (exact) mass is 503 g/mol. The van der Waals surface area contributed by atoms with E-state index in [0.29, 0.717) is 5.56 Å². The lowest BCUT2D eigenvalue weighted by Gasteiger charge is -2.15. The van der Waals surface area contributed by atoms with Crippen LogP contribution in [0.25, 0.3) is 0 Å². The Kier molecular flexibility index (Phi) is 7.87. The summed E-state index contributed by atoms with van der Waals surface area (Å²) >= 11 is 6.19. The number of nitro groups is 1. The number of rotatable bonds is 9. The number of hydrogen-bond acceptors (Lipinski definition) is 6. The summed E-state index contributed by atoms with van der Waals surface area (Å²) in [5.41, 5.74) is 1.58. The van der Waals surface area contributed by atoms with Crippen LogP contribution in [0.3, 0.4) is 0 Å². The zero-order valence-electron chi connectivity index (χ0n) is 18.3. The minimum atomic E-state index is -3.86. The van der Waals surface area contributed by atoms with Crippen LogP contribution in [0.1, 0.15) is 24.1 Å².